The van der Waals surface area contributed by atoms with Crippen LogP contribution in [0.4, 0.5) is 4.79 Å². The van der Waals surface area contributed by atoms with E-state index in [1.54, 1.807) is 0 Å². The summed E-state index contributed by atoms with van der Waals surface area (Å²) < 4.78 is 2.08. The van der Waals surface area contributed by atoms with E-state index in [1.807, 2.05) is 11.8 Å². The Balaban J connectivity index is 1.32. The highest BCUT2D eigenvalue weighted by Crippen LogP contribution is 2.35. The first-order valence-electron chi connectivity index (χ1n) is 10.9. The average molecular weight is 374 g/mol. The Morgan fingerprint density at radius 3 is 2.41 bits per heavy atom. The number of carbonyl (C=O) groups is 1. The van der Waals surface area contributed by atoms with Crippen molar-refractivity contribution in [1.29, 1.82) is 0 Å². The van der Waals surface area contributed by atoms with Crippen LogP contribution >= 0.6 is 0 Å². The molecule has 1 N–H and O–H groups in total. The molecule has 3 aliphatic rings. The van der Waals surface area contributed by atoms with Crippen molar-refractivity contribution >= 4 is 6.03 Å². The molecule has 4 rings (SSSR count). The molecule has 6 nitrogen and oxygen atoms in total. The molecular formula is C21H35N5O. The number of carbonyl (C=O) groups excluding carboxylic acids is 1. The normalized spacial score (nSPS) is 23.9. The molecule has 1 saturated carbocycles. The summed E-state index contributed by atoms with van der Waals surface area (Å²) in [6.07, 6.45) is 10.4. The monoisotopic (exact) mass is 373 g/mol. The van der Waals surface area contributed by atoms with Gasteiger partial charge in [-0.15, -0.1) is 0 Å². The number of rotatable bonds is 4. The van der Waals surface area contributed by atoms with Gasteiger partial charge in [0, 0.05) is 30.9 Å². The quantitative estimate of drug-likeness (QED) is 0.881. The third kappa shape index (κ3) is 3.86. The number of amides is 2. The van der Waals surface area contributed by atoms with Crippen LogP contribution in [0, 0.1) is 13.8 Å². The first-order valence-corrected chi connectivity index (χ1v) is 10.9. The topological polar surface area (TPSA) is 53.4 Å². The number of nitrogens with zero attached hydrogens (tertiary/aromatic N) is 4. The molecule has 0 bridgehead atoms. The maximum absolute atomic E-state index is 12.7. The zero-order valence-corrected chi connectivity index (χ0v) is 17.0. The molecule has 2 aliphatic heterocycles. The number of likely N-dealkylation sites (tertiary alicyclic amines) is 2. The number of nitrogens with one attached hydrogen (secondary N) is 1. The first-order chi connectivity index (χ1) is 13.1. The van der Waals surface area contributed by atoms with E-state index in [0.717, 1.165) is 25.3 Å². The lowest BCUT2D eigenvalue weighted by molar-refractivity contribution is 0.0325. The van der Waals surface area contributed by atoms with Gasteiger partial charge in [0.05, 0.1) is 11.7 Å². The van der Waals surface area contributed by atoms with Crippen molar-refractivity contribution in [2.24, 2.45) is 0 Å². The predicted molar refractivity (Wildman–Crippen MR) is 107 cm³/mol. The fourth-order valence-electron chi connectivity index (χ4n) is 5.33. The molecule has 1 aromatic heterocycles. The Kier molecular flexibility index (Phi) is 5.44. The van der Waals surface area contributed by atoms with Gasteiger partial charge in [-0.1, -0.05) is 25.7 Å². The zero-order valence-electron chi connectivity index (χ0n) is 17.0. The van der Waals surface area contributed by atoms with E-state index < -0.39 is 0 Å². The van der Waals surface area contributed by atoms with E-state index in [0.29, 0.717) is 6.04 Å². The van der Waals surface area contributed by atoms with Crippen LogP contribution in [0.1, 0.15) is 68.8 Å². The second-order valence-electron chi connectivity index (χ2n) is 8.92. The Hall–Kier alpha value is -1.56. The lowest BCUT2D eigenvalue weighted by atomic mass is 9.79. The summed E-state index contributed by atoms with van der Waals surface area (Å²) in [5, 5.41) is 7.87. The SMILES string of the molecule is Cc1cc(C)n(C2CN(C(=O)NCC3(N4CCCCC4)CCCCC3)C2)n1. The molecule has 0 spiro atoms. The molecule has 6 heteroatoms. The standard InChI is InChI=1S/C21H35N5O/c1-17-13-18(2)26(23-17)19-14-24(15-19)20(27)22-16-21(9-5-3-6-10-21)25-11-7-4-8-12-25/h13,19H,3-12,14-16H2,1-2H3,(H,22,27). The summed E-state index contributed by atoms with van der Waals surface area (Å²) in [6.45, 7) is 8.88. The molecule has 0 radical (unpaired) electrons. The third-order valence-corrected chi connectivity index (χ3v) is 6.92. The molecular weight excluding hydrogens is 338 g/mol. The molecule has 27 heavy (non-hydrogen) atoms. The summed E-state index contributed by atoms with van der Waals surface area (Å²) >= 11 is 0. The second kappa shape index (κ2) is 7.82. The molecule has 2 saturated heterocycles. The van der Waals surface area contributed by atoms with Crippen molar-refractivity contribution in [2.75, 3.05) is 32.7 Å². The summed E-state index contributed by atoms with van der Waals surface area (Å²) in [5.74, 6) is 0. The molecule has 1 aromatic rings. The highest BCUT2D eigenvalue weighted by molar-refractivity contribution is 5.75. The lowest BCUT2D eigenvalue weighted by Gasteiger charge is -2.49. The molecule has 3 fully saturated rings. The molecule has 1 aliphatic carbocycles. The Labute approximate surface area is 163 Å². The van der Waals surface area contributed by atoms with Gasteiger partial charge in [0.15, 0.2) is 0 Å². The predicted octanol–water partition coefficient (Wildman–Crippen LogP) is 3.26. The van der Waals surface area contributed by atoms with Crippen molar-refractivity contribution in [3.05, 3.63) is 17.5 Å². The molecule has 150 valence electrons. The Bertz CT molecular complexity index is 652. The van der Waals surface area contributed by atoms with Gasteiger partial charge in [0.2, 0.25) is 0 Å². The number of piperidine rings is 1. The van der Waals surface area contributed by atoms with Gasteiger partial charge in [-0.05, 0) is 58.7 Å². The minimum absolute atomic E-state index is 0.106. The van der Waals surface area contributed by atoms with E-state index in [9.17, 15) is 4.79 Å². The van der Waals surface area contributed by atoms with Crippen molar-refractivity contribution in [2.45, 2.75) is 76.8 Å². The average Bonchev–Trinajstić information content (AvgIpc) is 2.98. The zero-order chi connectivity index (χ0) is 18.9. The number of urea groups is 1. The van der Waals surface area contributed by atoms with Gasteiger partial charge in [0.1, 0.15) is 0 Å². The highest BCUT2D eigenvalue weighted by atomic mass is 16.2. The summed E-state index contributed by atoms with van der Waals surface area (Å²) in [4.78, 5) is 17.4. The van der Waals surface area contributed by atoms with Gasteiger partial charge in [-0.3, -0.25) is 9.58 Å². The highest BCUT2D eigenvalue weighted by Gasteiger charge is 2.40. The molecule has 0 atom stereocenters. The van der Waals surface area contributed by atoms with Crippen LogP contribution in [0.3, 0.4) is 0 Å². The van der Waals surface area contributed by atoms with Gasteiger partial charge >= 0.3 is 6.03 Å². The maximum Gasteiger partial charge on any atom is 0.317 e. The minimum Gasteiger partial charge on any atom is -0.336 e. The van der Waals surface area contributed by atoms with Crippen LogP contribution in [0.15, 0.2) is 6.07 Å². The maximum atomic E-state index is 12.7. The van der Waals surface area contributed by atoms with Gasteiger partial charge in [-0.2, -0.15) is 5.10 Å². The largest absolute Gasteiger partial charge is 0.336 e. The Morgan fingerprint density at radius 2 is 1.78 bits per heavy atom. The third-order valence-electron chi connectivity index (χ3n) is 6.92. The van der Waals surface area contributed by atoms with E-state index in [4.69, 9.17) is 0 Å². The van der Waals surface area contributed by atoms with Crippen molar-refractivity contribution in [3.63, 3.8) is 0 Å². The van der Waals surface area contributed by atoms with Crippen molar-refractivity contribution < 1.29 is 4.79 Å². The molecule has 3 heterocycles. The van der Waals surface area contributed by atoms with Crippen LogP contribution in [-0.2, 0) is 0 Å². The van der Waals surface area contributed by atoms with E-state index in [2.05, 4.69) is 33.0 Å². The van der Waals surface area contributed by atoms with E-state index in [-0.39, 0.29) is 11.6 Å². The summed E-state index contributed by atoms with van der Waals surface area (Å²) in [6, 6.07) is 2.54. The second-order valence-corrected chi connectivity index (χ2v) is 8.92. The lowest BCUT2D eigenvalue weighted by Crippen LogP contribution is -2.61. The van der Waals surface area contributed by atoms with Crippen LogP contribution in [0.5, 0.6) is 0 Å². The minimum atomic E-state index is 0.106. The van der Waals surface area contributed by atoms with Gasteiger partial charge in [0.25, 0.3) is 0 Å². The van der Waals surface area contributed by atoms with Gasteiger partial charge in [-0.25, -0.2) is 4.79 Å². The molecule has 0 unspecified atom stereocenters. The molecule has 0 aromatic carbocycles. The summed E-state index contributed by atoms with van der Waals surface area (Å²) in [7, 11) is 0. The number of aryl methyl sites for hydroxylation is 2. The van der Waals surface area contributed by atoms with Crippen LogP contribution in [0.25, 0.3) is 0 Å². The Morgan fingerprint density at radius 1 is 1.11 bits per heavy atom. The van der Waals surface area contributed by atoms with Crippen molar-refractivity contribution in [3.8, 4) is 0 Å². The van der Waals surface area contributed by atoms with Crippen LogP contribution in [0.2, 0.25) is 0 Å². The van der Waals surface area contributed by atoms with E-state index >= 15 is 0 Å². The summed E-state index contributed by atoms with van der Waals surface area (Å²) in [5.41, 5.74) is 2.44. The van der Waals surface area contributed by atoms with E-state index in [1.165, 1.54) is 70.2 Å². The first kappa shape index (κ1) is 18.8. The van der Waals surface area contributed by atoms with Gasteiger partial charge < -0.3 is 10.2 Å². The molecule has 2 amide bonds. The number of aromatic nitrogens is 2. The fraction of sp³-hybridized carbons (Fsp3) is 0.810. The number of hydrogen-bond donors (Lipinski definition) is 1. The number of hydrogen-bond acceptors (Lipinski definition) is 3. The van der Waals surface area contributed by atoms with Crippen LogP contribution < -0.4 is 5.32 Å². The smallest absolute Gasteiger partial charge is 0.317 e. The van der Waals surface area contributed by atoms with Crippen LogP contribution in [-0.4, -0.2) is 63.9 Å². The fourth-order valence-corrected chi connectivity index (χ4v) is 5.33. The van der Waals surface area contributed by atoms with Crippen molar-refractivity contribution in [1.82, 2.24) is 24.9 Å².